The first-order valence-electron chi connectivity index (χ1n) is 30.4. The standard InChI is InChI=1S/C61H117NO8/c1-6-8-10-12-14-16-17-18-19-20-21-22-23-24-25-26-27-28-29-30-31-32-33-34-35-36-37-38-39-40-41-42-43-44-46-48-50-52-59(64)70-57(56-69-61(60(65)66)67-54-53-62(3,4)5)55-68-58(63)51-49-47-45-15-13-11-9-7-2/h20-21,57,61H,6-19,22-56H2,1-5H3/p+1/b21-20-. The molecule has 9 heteroatoms. The van der Waals surface area contributed by atoms with Gasteiger partial charge in [-0.1, -0.05) is 264 Å². The Labute approximate surface area is 434 Å². The third kappa shape index (κ3) is 53.8. The highest BCUT2D eigenvalue weighted by molar-refractivity contribution is 5.71. The Morgan fingerprint density at radius 1 is 0.414 bits per heavy atom. The van der Waals surface area contributed by atoms with Gasteiger partial charge in [0.2, 0.25) is 0 Å². The van der Waals surface area contributed by atoms with E-state index in [-0.39, 0.29) is 38.2 Å². The summed E-state index contributed by atoms with van der Waals surface area (Å²) in [4.78, 5) is 37.1. The Bertz CT molecular complexity index is 1150. The molecular formula is C61H118NO8+. The number of hydrogen-bond acceptors (Lipinski definition) is 7. The van der Waals surface area contributed by atoms with E-state index in [4.69, 9.17) is 18.9 Å². The first-order chi connectivity index (χ1) is 34.1. The number of unbranched alkanes of at least 4 members (excludes halogenated alkanes) is 40. The van der Waals surface area contributed by atoms with E-state index in [0.717, 1.165) is 38.5 Å². The first-order valence-corrected chi connectivity index (χ1v) is 30.4. The number of aliphatic carboxylic acids is 1. The van der Waals surface area contributed by atoms with E-state index < -0.39 is 18.4 Å². The second-order valence-electron chi connectivity index (χ2n) is 22.0. The summed E-state index contributed by atoms with van der Waals surface area (Å²) in [6.45, 7) is 4.88. The number of nitrogens with zero attached hydrogens (tertiary/aromatic N) is 1. The monoisotopic (exact) mass is 993 g/mol. The molecule has 0 amide bonds. The predicted octanol–water partition coefficient (Wildman–Crippen LogP) is 17.7. The highest BCUT2D eigenvalue weighted by Gasteiger charge is 2.25. The van der Waals surface area contributed by atoms with E-state index in [0.29, 0.717) is 17.4 Å². The predicted molar refractivity (Wildman–Crippen MR) is 295 cm³/mol. The Morgan fingerprint density at radius 2 is 0.729 bits per heavy atom. The number of carboxylic acid groups (broad SMARTS) is 1. The van der Waals surface area contributed by atoms with Crippen LogP contribution in [0.3, 0.4) is 0 Å². The van der Waals surface area contributed by atoms with Gasteiger partial charge in [-0.25, -0.2) is 4.79 Å². The summed E-state index contributed by atoms with van der Waals surface area (Å²) >= 11 is 0. The van der Waals surface area contributed by atoms with Gasteiger partial charge in [0.15, 0.2) is 6.10 Å². The fraction of sp³-hybridized carbons (Fsp3) is 0.918. The van der Waals surface area contributed by atoms with Gasteiger partial charge in [0, 0.05) is 12.8 Å². The van der Waals surface area contributed by atoms with Gasteiger partial charge in [-0.2, -0.15) is 0 Å². The maximum Gasteiger partial charge on any atom is 0.361 e. The molecule has 0 bridgehead atoms. The summed E-state index contributed by atoms with van der Waals surface area (Å²) in [5, 5.41) is 9.65. The highest BCUT2D eigenvalue weighted by atomic mass is 16.7. The summed E-state index contributed by atoms with van der Waals surface area (Å²) in [7, 11) is 5.97. The lowest BCUT2D eigenvalue weighted by Crippen LogP contribution is -2.40. The zero-order chi connectivity index (χ0) is 51.3. The van der Waals surface area contributed by atoms with Crippen molar-refractivity contribution in [2.45, 2.75) is 315 Å². The molecule has 0 fully saturated rings. The number of carbonyl (C=O) groups excluding carboxylic acids is 2. The normalized spacial score (nSPS) is 12.8. The van der Waals surface area contributed by atoms with Gasteiger partial charge in [-0.15, -0.1) is 0 Å². The van der Waals surface area contributed by atoms with Crippen LogP contribution < -0.4 is 0 Å². The molecule has 0 rings (SSSR count). The average Bonchev–Trinajstić information content (AvgIpc) is 3.33. The van der Waals surface area contributed by atoms with Crippen LogP contribution in [0.25, 0.3) is 0 Å². The Morgan fingerprint density at radius 3 is 1.06 bits per heavy atom. The molecule has 2 atom stereocenters. The van der Waals surface area contributed by atoms with Crippen molar-refractivity contribution in [2.75, 3.05) is 47.5 Å². The minimum atomic E-state index is -1.50. The first kappa shape index (κ1) is 68.0. The number of likely N-dealkylation sites (N-methyl/N-ethyl adjacent to an activating group) is 1. The Kier molecular flexibility index (Phi) is 51.8. The van der Waals surface area contributed by atoms with Crippen molar-refractivity contribution in [3.05, 3.63) is 12.2 Å². The molecule has 9 nitrogen and oxygen atoms in total. The molecule has 0 aliphatic heterocycles. The van der Waals surface area contributed by atoms with Crippen molar-refractivity contribution in [2.24, 2.45) is 0 Å². The second-order valence-corrected chi connectivity index (χ2v) is 22.0. The van der Waals surface area contributed by atoms with Gasteiger partial charge in [-0.05, 0) is 38.5 Å². The van der Waals surface area contributed by atoms with Crippen LogP contribution in [0.1, 0.15) is 303 Å². The van der Waals surface area contributed by atoms with Gasteiger partial charge < -0.3 is 28.5 Å². The maximum absolute atomic E-state index is 12.8. The van der Waals surface area contributed by atoms with Crippen LogP contribution >= 0.6 is 0 Å². The SMILES string of the molecule is CCCCCCCCCC/C=C\CCCCCCCCCCCCCCCCCCCCCCCCCCCC(=O)OC(COC(=O)CCCCCCCCCC)COC(OCC[N+](C)(C)C)C(=O)O. The minimum absolute atomic E-state index is 0.175. The quantitative estimate of drug-likeness (QED) is 0.0211. The number of hydrogen-bond donors (Lipinski definition) is 1. The topological polar surface area (TPSA) is 108 Å². The van der Waals surface area contributed by atoms with Crippen LogP contribution in [-0.4, -0.2) is 87.4 Å². The van der Waals surface area contributed by atoms with Crippen molar-refractivity contribution in [1.29, 1.82) is 0 Å². The van der Waals surface area contributed by atoms with E-state index in [2.05, 4.69) is 26.0 Å². The smallest absolute Gasteiger partial charge is 0.361 e. The number of ether oxygens (including phenoxy) is 4. The lowest BCUT2D eigenvalue weighted by molar-refractivity contribution is -0.870. The van der Waals surface area contributed by atoms with E-state index in [1.54, 1.807) is 0 Å². The van der Waals surface area contributed by atoms with Gasteiger partial charge in [0.25, 0.3) is 6.29 Å². The maximum atomic E-state index is 12.8. The molecule has 0 aliphatic rings. The number of carbonyl (C=O) groups is 3. The number of allylic oxidation sites excluding steroid dienone is 2. The molecule has 0 radical (unpaired) electrons. The largest absolute Gasteiger partial charge is 0.477 e. The minimum Gasteiger partial charge on any atom is -0.477 e. The average molecular weight is 994 g/mol. The molecule has 414 valence electrons. The van der Waals surface area contributed by atoms with Gasteiger partial charge in [0.05, 0.1) is 34.4 Å². The van der Waals surface area contributed by atoms with Gasteiger partial charge in [0.1, 0.15) is 13.2 Å². The van der Waals surface area contributed by atoms with Crippen LogP contribution in [0.5, 0.6) is 0 Å². The Hall–Kier alpha value is -1.97. The third-order valence-corrected chi connectivity index (χ3v) is 13.8. The summed E-state index contributed by atoms with van der Waals surface area (Å²) in [6.07, 6.45) is 59.3. The lowest BCUT2D eigenvalue weighted by Gasteiger charge is -2.25. The Balaban J connectivity index is 3.84. The molecule has 70 heavy (non-hydrogen) atoms. The van der Waals surface area contributed by atoms with Crippen molar-refractivity contribution < 1.29 is 42.9 Å². The molecule has 0 aliphatic carbocycles. The van der Waals surface area contributed by atoms with Crippen molar-refractivity contribution >= 4 is 17.9 Å². The molecule has 2 unspecified atom stereocenters. The van der Waals surface area contributed by atoms with Crippen molar-refractivity contribution in [3.8, 4) is 0 Å². The lowest BCUT2D eigenvalue weighted by atomic mass is 10.0. The zero-order valence-electron chi connectivity index (χ0n) is 47.2. The van der Waals surface area contributed by atoms with Crippen LogP contribution in [0.15, 0.2) is 12.2 Å². The van der Waals surface area contributed by atoms with E-state index in [1.165, 1.54) is 238 Å². The number of rotatable bonds is 57. The molecule has 1 N–H and O–H groups in total. The molecule has 0 aromatic heterocycles. The highest BCUT2D eigenvalue weighted by Crippen LogP contribution is 2.18. The van der Waals surface area contributed by atoms with Gasteiger partial charge >= 0.3 is 17.9 Å². The van der Waals surface area contributed by atoms with Gasteiger partial charge in [-0.3, -0.25) is 9.59 Å². The zero-order valence-corrected chi connectivity index (χ0v) is 47.2. The molecule has 0 saturated carbocycles. The van der Waals surface area contributed by atoms with Crippen LogP contribution in [-0.2, 0) is 33.3 Å². The number of carboxylic acids is 1. The molecule has 0 spiro atoms. The molecule has 0 saturated heterocycles. The summed E-state index contributed by atoms with van der Waals surface area (Å²) in [5.74, 6) is -1.99. The van der Waals surface area contributed by atoms with Crippen LogP contribution in [0.4, 0.5) is 0 Å². The van der Waals surface area contributed by atoms with Crippen LogP contribution in [0.2, 0.25) is 0 Å². The molecule has 0 aromatic rings. The van der Waals surface area contributed by atoms with E-state index in [1.807, 2.05) is 21.1 Å². The summed E-state index contributed by atoms with van der Waals surface area (Å²) < 4.78 is 22.8. The molecule has 0 aromatic carbocycles. The van der Waals surface area contributed by atoms with Crippen LogP contribution in [0, 0.1) is 0 Å². The van der Waals surface area contributed by atoms with E-state index >= 15 is 0 Å². The summed E-state index contributed by atoms with van der Waals surface area (Å²) in [5.41, 5.74) is 0. The molecular weight excluding hydrogens is 875 g/mol. The fourth-order valence-corrected chi connectivity index (χ4v) is 9.07. The number of quaternary nitrogens is 1. The third-order valence-electron chi connectivity index (χ3n) is 13.8. The second kappa shape index (κ2) is 53.3. The van der Waals surface area contributed by atoms with Crippen molar-refractivity contribution in [1.82, 2.24) is 0 Å². The molecule has 0 heterocycles. The fourth-order valence-electron chi connectivity index (χ4n) is 9.07. The van der Waals surface area contributed by atoms with E-state index in [9.17, 15) is 19.5 Å². The summed E-state index contributed by atoms with van der Waals surface area (Å²) in [6, 6.07) is 0. The van der Waals surface area contributed by atoms with Crippen molar-refractivity contribution in [3.63, 3.8) is 0 Å². The number of esters is 2.